The van der Waals surface area contributed by atoms with Crippen molar-refractivity contribution in [2.45, 2.75) is 6.92 Å². The Morgan fingerprint density at radius 3 is 1.22 bits per heavy atom. The van der Waals surface area contributed by atoms with E-state index in [-0.39, 0.29) is 83.7 Å². The van der Waals surface area contributed by atoms with Gasteiger partial charge in [-0.15, -0.1) is 0 Å². The average Bonchev–Trinajstić information content (AvgIpc) is 0.811. The molecule has 0 aromatic carbocycles. The molecule has 0 aliphatic heterocycles. The third-order valence-electron chi connectivity index (χ3n) is 0. The van der Waals surface area contributed by atoms with E-state index >= 15 is 0 Å². The monoisotopic (exact) mass is 180 g/mol. The van der Waals surface area contributed by atoms with Crippen molar-refractivity contribution in [3.05, 3.63) is 0 Å². The van der Waals surface area contributed by atoms with Crippen molar-refractivity contribution >= 4 is 73.3 Å². The third kappa shape index (κ3) is 215. The van der Waals surface area contributed by atoms with Crippen molar-refractivity contribution < 1.29 is 26.3 Å². The van der Waals surface area contributed by atoms with E-state index in [2.05, 4.69) is 0 Å². The molecule has 0 spiro atoms. The molecule has 0 atom stereocenters. The van der Waals surface area contributed by atoms with Gasteiger partial charge < -0.3 is 21.5 Å². The number of carboxylic acid groups (broad SMARTS) is 1. The van der Waals surface area contributed by atoms with Gasteiger partial charge in [-0.25, -0.2) is 0 Å². The van der Waals surface area contributed by atoms with E-state index in [0.29, 0.717) is 0 Å². The van der Waals surface area contributed by atoms with Gasteiger partial charge in [-0.1, -0.05) is 0 Å². The molecule has 9 heavy (non-hydrogen) atoms. The van der Waals surface area contributed by atoms with Crippen LogP contribution >= 0.6 is 0 Å². The van der Waals surface area contributed by atoms with Crippen LogP contribution in [0.2, 0.25) is 0 Å². The van der Waals surface area contributed by atoms with Gasteiger partial charge in [0.2, 0.25) is 0 Å². The summed E-state index contributed by atoms with van der Waals surface area (Å²) in [5.41, 5.74) is 0. The Bertz CT molecular complexity index is 37.9. The molecule has 0 aromatic rings. The number of hydrogen-bond donors (Lipinski definition) is 1. The zero-order valence-electron chi connectivity index (χ0n) is 3.86. The third-order valence-corrected chi connectivity index (χ3v) is 0. The van der Waals surface area contributed by atoms with Gasteiger partial charge in [0.05, 0.1) is 0 Å². The van der Waals surface area contributed by atoms with Gasteiger partial charge in [0.25, 0.3) is 5.97 Å². The number of rotatable bonds is 0. The Morgan fingerprint density at radius 2 is 1.22 bits per heavy atom. The summed E-state index contributed by atoms with van der Waals surface area (Å²) in [7, 11) is 0. The summed E-state index contributed by atoms with van der Waals surface area (Å²) in [5, 5.41) is 7.42. The molecule has 0 aliphatic carbocycles. The average molecular weight is 180 g/mol. The fraction of sp³-hybridized carbons (Fsp3) is 0.500. The van der Waals surface area contributed by atoms with Crippen LogP contribution in [0.3, 0.4) is 0 Å². The Labute approximate surface area is 105 Å². The van der Waals surface area contributed by atoms with Crippen LogP contribution in [0.4, 0.5) is 0 Å². The van der Waals surface area contributed by atoms with E-state index < -0.39 is 5.97 Å². The predicted octanol–water partition coefficient (Wildman–Crippen LogP) is -3.95. The Morgan fingerprint density at radius 1 is 1.22 bits per heavy atom. The molecule has 0 aromatic heterocycles. The SMILES string of the molecule is CC(=O)O.O.O.O.[CaH2].[NaH]. The van der Waals surface area contributed by atoms with Gasteiger partial charge in [-0.2, -0.15) is 0 Å². The molecule has 0 amide bonds. The normalized spacial score (nSPS) is 2.78. The predicted molar refractivity (Wildman–Crippen MR) is 39.8 cm³/mol. The molecule has 0 bridgehead atoms. The van der Waals surface area contributed by atoms with Crippen molar-refractivity contribution in [2.75, 3.05) is 0 Å². The van der Waals surface area contributed by atoms with Gasteiger partial charge in [-0.3, -0.25) is 4.79 Å². The minimum atomic E-state index is -0.833. The van der Waals surface area contributed by atoms with Crippen LogP contribution in [0.1, 0.15) is 6.92 Å². The molecule has 5 nitrogen and oxygen atoms in total. The van der Waals surface area contributed by atoms with Crippen molar-refractivity contribution in [1.29, 1.82) is 0 Å². The summed E-state index contributed by atoms with van der Waals surface area (Å²) < 4.78 is 0. The van der Waals surface area contributed by atoms with Crippen LogP contribution in [0, 0.1) is 0 Å². The first-order valence-corrected chi connectivity index (χ1v) is 0.928. The number of carbonyl (C=O) groups is 1. The van der Waals surface area contributed by atoms with Crippen LogP contribution in [0.25, 0.3) is 0 Å². The van der Waals surface area contributed by atoms with Crippen molar-refractivity contribution in [3.63, 3.8) is 0 Å². The second kappa shape index (κ2) is 33.5. The molecule has 0 aliphatic rings. The van der Waals surface area contributed by atoms with Gasteiger partial charge in [0.1, 0.15) is 0 Å². The summed E-state index contributed by atoms with van der Waals surface area (Å²) in [5.74, 6) is -0.833. The van der Waals surface area contributed by atoms with E-state index in [0.717, 1.165) is 6.92 Å². The topological polar surface area (TPSA) is 132 Å². The molecule has 7 N–H and O–H groups in total. The van der Waals surface area contributed by atoms with Crippen LogP contribution in [-0.4, -0.2) is 94.8 Å². The van der Waals surface area contributed by atoms with Crippen molar-refractivity contribution in [3.8, 4) is 0 Å². The van der Waals surface area contributed by atoms with Gasteiger partial charge in [0, 0.05) is 6.92 Å². The van der Waals surface area contributed by atoms with E-state index in [1.54, 1.807) is 0 Å². The Hall–Kier alpha value is 1.61. The molecule has 0 fully saturated rings. The van der Waals surface area contributed by atoms with Crippen LogP contribution < -0.4 is 0 Å². The minimum absolute atomic E-state index is 0. The van der Waals surface area contributed by atoms with E-state index in [1.807, 2.05) is 0 Å². The van der Waals surface area contributed by atoms with Crippen LogP contribution in [0.5, 0.6) is 0 Å². The summed E-state index contributed by atoms with van der Waals surface area (Å²) in [6.45, 7) is 1.08. The molecule has 54 valence electrons. The first-order chi connectivity index (χ1) is 1.73. The second-order valence-corrected chi connectivity index (χ2v) is 0.519. The Balaban J connectivity index is -0.00000000450. The maximum atomic E-state index is 9.00. The van der Waals surface area contributed by atoms with Crippen LogP contribution in [0.15, 0.2) is 0 Å². The molecular weight excluding hydrogens is 167 g/mol. The summed E-state index contributed by atoms with van der Waals surface area (Å²) in [4.78, 5) is 9.00. The number of hydrogen-bond acceptors (Lipinski definition) is 1. The zero-order chi connectivity index (χ0) is 3.58. The molecular formula is C2H13CaNaO5. The molecule has 0 heterocycles. The zero-order valence-corrected chi connectivity index (χ0v) is 3.86. The van der Waals surface area contributed by atoms with Gasteiger partial charge >= 0.3 is 67.3 Å². The summed E-state index contributed by atoms with van der Waals surface area (Å²) >= 11 is 0. The van der Waals surface area contributed by atoms with E-state index in [9.17, 15) is 0 Å². The van der Waals surface area contributed by atoms with Crippen molar-refractivity contribution in [1.82, 2.24) is 0 Å². The summed E-state index contributed by atoms with van der Waals surface area (Å²) in [6, 6.07) is 0. The van der Waals surface area contributed by atoms with Gasteiger partial charge in [-0.05, 0) is 0 Å². The molecule has 0 saturated heterocycles. The fourth-order valence-corrected chi connectivity index (χ4v) is 0. The number of aliphatic carboxylic acids is 1. The maximum absolute atomic E-state index is 9.00. The van der Waals surface area contributed by atoms with Gasteiger partial charge in [0.15, 0.2) is 0 Å². The first kappa shape index (κ1) is 46.1. The Kier molecular flexibility index (Phi) is 172. The van der Waals surface area contributed by atoms with E-state index in [4.69, 9.17) is 9.90 Å². The molecule has 7 heteroatoms. The van der Waals surface area contributed by atoms with Crippen molar-refractivity contribution in [2.24, 2.45) is 0 Å². The quantitative estimate of drug-likeness (QED) is 0.381. The van der Waals surface area contributed by atoms with Crippen LogP contribution in [-0.2, 0) is 4.79 Å². The molecule has 0 unspecified atom stereocenters. The van der Waals surface area contributed by atoms with E-state index in [1.165, 1.54) is 0 Å². The summed E-state index contributed by atoms with van der Waals surface area (Å²) in [6.07, 6.45) is 0. The molecule has 0 rings (SSSR count). The fourth-order valence-electron chi connectivity index (χ4n) is 0. The molecule has 0 radical (unpaired) electrons. The standard InChI is InChI=1S/C2H4O2.Ca.Na.3H2O.3H/c1-2(3)4;;;;;;;;/h1H3,(H,3,4);;;3*1H2;;;. The molecule has 0 saturated carbocycles. The number of carboxylic acids is 1. The second-order valence-electron chi connectivity index (χ2n) is 0.519. The first-order valence-electron chi connectivity index (χ1n) is 0.928.